The molecular formula is C13H17F2NO3S. The number of benzene rings is 1. The van der Waals surface area contributed by atoms with Crippen molar-refractivity contribution in [3.8, 4) is 0 Å². The van der Waals surface area contributed by atoms with Crippen LogP contribution in [0.15, 0.2) is 29.2 Å². The van der Waals surface area contributed by atoms with Crippen molar-refractivity contribution in [1.82, 2.24) is 4.90 Å². The fourth-order valence-corrected chi connectivity index (χ4v) is 3.15. The number of likely N-dealkylation sites (tertiary alicyclic amines) is 1. The number of aliphatic hydroxyl groups is 1. The van der Waals surface area contributed by atoms with E-state index in [1.165, 1.54) is 12.1 Å². The molecule has 1 heterocycles. The summed E-state index contributed by atoms with van der Waals surface area (Å²) in [4.78, 5) is 1.74. The molecule has 1 saturated heterocycles. The Labute approximate surface area is 116 Å². The van der Waals surface area contributed by atoms with Gasteiger partial charge < -0.3 is 5.11 Å². The molecule has 0 unspecified atom stereocenters. The molecule has 0 radical (unpaired) electrons. The Morgan fingerprint density at radius 1 is 1.30 bits per heavy atom. The lowest BCUT2D eigenvalue weighted by atomic mass is 10.2. The Kier molecular flexibility index (Phi) is 4.72. The van der Waals surface area contributed by atoms with Crippen molar-refractivity contribution in [2.45, 2.75) is 36.1 Å². The third kappa shape index (κ3) is 3.16. The average molecular weight is 305 g/mol. The lowest BCUT2D eigenvalue weighted by Gasteiger charge is -2.22. The van der Waals surface area contributed by atoms with Crippen LogP contribution in [-0.4, -0.2) is 43.4 Å². The van der Waals surface area contributed by atoms with Crippen molar-refractivity contribution in [2.24, 2.45) is 0 Å². The smallest absolute Gasteiger partial charge is 0.341 e. The van der Waals surface area contributed by atoms with E-state index in [1.807, 2.05) is 0 Å². The molecule has 1 N–H and O–H groups in total. The van der Waals surface area contributed by atoms with E-state index in [-0.39, 0.29) is 17.5 Å². The summed E-state index contributed by atoms with van der Waals surface area (Å²) in [5.41, 5.74) is 0.846. The fourth-order valence-electron chi connectivity index (χ4n) is 2.43. The van der Waals surface area contributed by atoms with Gasteiger partial charge in [-0.3, -0.25) is 4.90 Å². The van der Waals surface area contributed by atoms with Gasteiger partial charge in [0.25, 0.3) is 0 Å². The number of hydrogen-bond acceptors (Lipinski definition) is 4. The van der Waals surface area contributed by atoms with Gasteiger partial charge in [0.15, 0.2) is 0 Å². The lowest BCUT2D eigenvalue weighted by Crippen LogP contribution is -2.31. The van der Waals surface area contributed by atoms with Crippen LogP contribution in [0.25, 0.3) is 0 Å². The summed E-state index contributed by atoms with van der Waals surface area (Å²) in [5, 5.41) is 9.22. The predicted molar refractivity (Wildman–Crippen MR) is 70.1 cm³/mol. The molecule has 0 amide bonds. The van der Waals surface area contributed by atoms with Gasteiger partial charge in [0.05, 0.1) is 11.5 Å². The zero-order valence-electron chi connectivity index (χ0n) is 10.9. The Bertz CT molecular complexity index is 545. The topological polar surface area (TPSA) is 57.6 Å². The first-order valence-electron chi connectivity index (χ1n) is 6.41. The predicted octanol–water partition coefficient (Wildman–Crippen LogP) is 1.64. The highest BCUT2D eigenvalue weighted by Crippen LogP contribution is 2.22. The zero-order chi connectivity index (χ0) is 14.8. The quantitative estimate of drug-likeness (QED) is 0.898. The zero-order valence-corrected chi connectivity index (χ0v) is 11.7. The molecule has 1 fully saturated rings. The van der Waals surface area contributed by atoms with Gasteiger partial charge in [0.2, 0.25) is 9.84 Å². The van der Waals surface area contributed by atoms with Crippen LogP contribution in [0.4, 0.5) is 8.78 Å². The Morgan fingerprint density at radius 3 is 2.50 bits per heavy atom. The van der Waals surface area contributed by atoms with Crippen molar-refractivity contribution in [2.75, 3.05) is 13.2 Å². The molecule has 1 aromatic carbocycles. The van der Waals surface area contributed by atoms with E-state index < -0.39 is 15.6 Å². The van der Waals surface area contributed by atoms with Crippen LogP contribution in [-0.2, 0) is 16.4 Å². The van der Waals surface area contributed by atoms with E-state index in [4.69, 9.17) is 0 Å². The standard InChI is InChI=1S/C13H17F2NO3S/c14-13(15)20(18,19)12-5-3-10(4-6-12)8-16-7-1-2-11(16)9-17/h3-6,11,13,17H,1-2,7-9H2/t11-/m0/s1. The highest BCUT2D eigenvalue weighted by Gasteiger charge is 2.27. The van der Waals surface area contributed by atoms with Crippen LogP contribution in [0.2, 0.25) is 0 Å². The normalized spacial score (nSPS) is 20.7. The van der Waals surface area contributed by atoms with Crippen molar-refractivity contribution < 1.29 is 22.3 Å². The Hall–Kier alpha value is -1.05. The van der Waals surface area contributed by atoms with E-state index in [2.05, 4.69) is 4.90 Å². The molecule has 0 aromatic heterocycles. The molecular weight excluding hydrogens is 288 g/mol. The Morgan fingerprint density at radius 2 is 1.95 bits per heavy atom. The number of sulfone groups is 1. The number of alkyl halides is 2. The maximum atomic E-state index is 12.4. The Balaban J connectivity index is 2.09. The van der Waals surface area contributed by atoms with Gasteiger partial charge in [-0.25, -0.2) is 8.42 Å². The fraction of sp³-hybridized carbons (Fsp3) is 0.538. The van der Waals surface area contributed by atoms with Gasteiger partial charge in [-0.1, -0.05) is 12.1 Å². The first-order valence-corrected chi connectivity index (χ1v) is 7.95. The third-order valence-electron chi connectivity index (χ3n) is 3.58. The average Bonchev–Trinajstić information content (AvgIpc) is 2.86. The second-order valence-corrected chi connectivity index (χ2v) is 6.82. The minimum absolute atomic E-state index is 0.0951. The molecule has 112 valence electrons. The minimum atomic E-state index is -4.52. The summed E-state index contributed by atoms with van der Waals surface area (Å²) in [6.07, 6.45) is 1.96. The first kappa shape index (κ1) is 15.3. The molecule has 4 nitrogen and oxygen atoms in total. The van der Waals surface area contributed by atoms with E-state index in [1.54, 1.807) is 12.1 Å². The summed E-state index contributed by atoms with van der Waals surface area (Å²) in [5.74, 6) is -3.40. The SMILES string of the molecule is O=S(=O)(c1ccc(CN2CCC[C@H]2CO)cc1)C(F)F. The van der Waals surface area contributed by atoms with E-state index in [0.29, 0.717) is 6.54 Å². The lowest BCUT2D eigenvalue weighted by molar-refractivity contribution is 0.153. The van der Waals surface area contributed by atoms with Gasteiger partial charge in [0.1, 0.15) is 0 Å². The summed E-state index contributed by atoms with van der Waals surface area (Å²) in [7, 11) is -4.52. The van der Waals surface area contributed by atoms with Crippen LogP contribution in [0.5, 0.6) is 0 Å². The third-order valence-corrected chi connectivity index (χ3v) is 4.98. The maximum absolute atomic E-state index is 12.4. The molecule has 1 aliphatic heterocycles. The summed E-state index contributed by atoms with van der Waals surface area (Å²) in [6.45, 7) is 1.56. The van der Waals surface area contributed by atoms with Crippen molar-refractivity contribution in [3.05, 3.63) is 29.8 Å². The molecule has 20 heavy (non-hydrogen) atoms. The molecule has 0 saturated carbocycles. The van der Waals surface area contributed by atoms with Crippen LogP contribution in [0.3, 0.4) is 0 Å². The minimum Gasteiger partial charge on any atom is -0.395 e. The van der Waals surface area contributed by atoms with Crippen molar-refractivity contribution in [3.63, 3.8) is 0 Å². The van der Waals surface area contributed by atoms with Crippen molar-refractivity contribution >= 4 is 9.84 Å². The summed E-state index contributed by atoms with van der Waals surface area (Å²) in [6, 6.07) is 5.63. The van der Waals surface area contributed by atoms with Gasteiger partial charge in [-0.15, -0.1) is 0 Å². The van der Waals surface area contributed by atoms with E-state index in [0.717, 1.165) is 24.9 Å². The molecule has 0 aliphatic carbocycles. The van der Waals surface area contributed by atoms with Crippen molar-refractivity contribution in [1.29, 1.82) is 0 Å². The van der Waals surface area contributed by atoms with E-state index >= 15 is 0 Å². The number of hydrogen-bond donors (Lipinski definition) is 1. The van der Waals surface area contributed by atoms with E-state index in [9.17, 15) is 22.3 Å². The summed E-state index contributed by atoms with van der Waals surface area (Å²) < 4.78 is 47.4. The number of rotatable bonds is 5. The molecule has 1 aliphatic rings. The number of aliphatic hydroxyl groups excluding tert-OH is 1. The molecule has 1 aromatic rings. The molecule has 0 spiro atoms. The van der Waals surface area contributed by atoms with Crippen LogP contribution < -0.4 is 0 Å². The van der Waals surface area contributed by atoms with Gasteiger partial charge in [0, 0.05) is 12.6 Å². The molecule has 0 bridgehead atoms. The van der Waals surface area contributed by atoms with Gasteiger partial charge >= 0.3 is 5.76 Å². The maximum Gasteiger partial charge on any atom is 0.341 e. The van der Waals surface area contributed by atoms with Crippen LogP contribution >= 0.6 is 0 Å². The van der Waals surface area contributed by atoms with Crippen LogP contribution in [0, 0.1) is 0 Å². The largest absolute Gasteiger partial charge is 0.395 e. The molecule has 7 heteroatoms. The summed E-state index contributed by atoms with van der Waals surface area (Å²) >= 11 is 0. The highest BCUT2D eigenvalue weighted by atomic mass is 32.2. The molecule has 1 atom stereocenters. The number of halogens is 2. The monoisotopic (exact) mass is 305 g/mol. The number of nitrogens with zero attached hydrogens (tertiary/aromatic N) is 1. The molecule has 2 rings (SSSR count). The van der Waals surface area contributed by atoms with Gasteiger partial charge in [-0.2, -0.15) is 8.78 Å². The second-order valence-electron chi connectivity index (χ2n) is 4.90. The first-order chi connectivity index (χ1) is 9.45. The second kappa shape index (κ2) is 6.15. The highest BCUT2D eigenvalue weighted by molar-refractivity contribution is 7.91. The van der Waals surface area contributed by atoms with Crippen LogP contribution in [0.1, 0.15) is 18.4 Å². The van der Waals surface area contributed by atoms with Gasteiger partial charge in [-0.05, 0) is 37.1 Å².